The van der Waals surface area contributed by atoms with E-state index >= 15 is 4.39 Å². The highest BCUT2D eigenvalue weighted by Gasteiger charge is 2.29. The molecule has 2 aliphatic rings. The molecule has 14 nitrogen and oxygen atoms in total. The smallest absolute Gasteiger partial charge is 0.324 e. The summed E-state index contributed by atoms with van der Waals surface area (Å²) in [4.78, 5) is 56.3. The third-order valence-electron chi connectivity index (χ3n) is 11.0. The molecule has 67 heavy (non-hydrogen) atoms. The molecule has 0 aliphatic carbocycles. The number of urea groups is 2. The second-order valence-electron chi connectivity index (χ2n) is 15.5. The summed E-state index contributed by atoms with van der Waals surface area (Å²) < 4.78 is 95.7. The van der Waals surface area contributed by atoms with Gasteiger partial charge in [-0.3, -0.25) is 19.4 Å². The molecule has 0 bridgehead atoms. The predicted octanol–water partition coefficient (Wildman–Crippen LogP) is 9.45. The largest absolute Gasteiger partial charge is 0.495 e. The van der Waals surface area contributed by atoms with Crippen molar-refractivity contribution >= 4 is 35.1 Å². The molecule has 2 saturated heterocycles. The maximum absolute atomic E-state index is 15.0. The van der Waals surface area contributed by atoms with Gasteiger partial charge in [0, 0.05) is 48.4 Å². The first kappa shape index (κ1) is 49.3. The first-order chi connectivity index (χ1) is 32.3. The van der Waals surface area contributed by atoms with E-state index in [1.165, 1.54) is 48.3 Å². The summed E-state index contributed by atoms with van der Waals surface area (Å²) >= 11 is 0. The predicted molar refractivity (Wildman–Crippen MR) is 234 cm³/mol. The van der Waals surface area contributed by atoms with Crippen molar-refractivity contribution in [1.29, 1.82) is 0 Å². The highest BCUT2D eigenvalue weighted by molar-refractivity contribution is 6.00. The monoisotopic (exact) mass is 937 g/mol. The molecule has 0 unspecified atom stereocenters. The van der Waals surface area contributed by atoms with Crippen molar-refractivity contribution in [3.05, 3.63) is 119 Å². The van der Waals surface area contributed by atoms with Crippen LogP contribution in [-0.4, -0.2) is 97.1 Å². The van der Waals surface area contributed by atoms with E-state index in [1.807, 2.05) is 0 Å². The normalized spacial score (nSPS) is 13.7. The zero-order valence-electron chi connectivity index (χ0n) is 36.7. The number of methoxy groups -OCH3 is 2. The summed E-state index contributed by atoms with van der Waals surface area (Å²) in [7, 11) is 2.99. The summed E-state index contributed by atoms with van der Waals surface area (Å²) in [6.45, 7) is 1.63. The fourth-order valence-corrected chi connectivity index (χ4v) is 7.51. The second kappa shape index (κ2) is 23.4. The lowest BCUT2D eigenvalue weighted by Crippen LogP contribution is -2.45. The number of hydrogen-bond donors (Lipinski definition) is 1. The Morgan fingerprint density at radius 3 is 1.61 bits per heavy atom. The number of likely N-dealkylation sites (tertiary alicyclic amines) is 2. The van der Waals surface area contributed by atoms with Crippen molar-refractivity contribution in [3.63, 3.8) is 0 Å². The third kappa shape index (κ3) is 12.6. The fraction of sp³-hybridized carbons (Fsp3) is 0.362. The Kier molecular flexibility index (Phi) is 17.2. The van der Waals surface area contributed by atoms with Crippen molar-refractivity contribution in [2.75, 3.05) is 56.7 Å². The van der Waals surface area contributed by atoms with Gasteiger partial charge in [0.05, 0.1) is 45.2 Å². The Morgan fingerprint density at radius 1 is 0.672 bits per heavy atom. The molecule has 2 fully saturated rings. The van der Waals surface area contributed by atoms with Crippen molar-refractivity contribution < 1.29 is 59.4 Å². The van der Waals surface area contributed by atoms with Gasteiger partial charge in [-0.1, -0.05) is 42.5 Å². The molecular weight excluding hydrogens is 889 g/mol. The SMILES string of the molecule is COc1ccccc1N(Cc1ccc(-c2nnc(C(F)F)o2)cc1F)C(=O)N1CCCCC1.COc1ccccc1N(Cc1ccc(C(=O)CNC(=O)C(F)F)cc1F)C(=O)N1CCCCC1. The molecule has 0 radical (unpaired) electrons. The van der Waals surface area contributed by atoms with Crippen LogP contribution in [0.5, 0.6) is 11.5 Å². The minimum atomic E-state index is -3.25. The lowest BCUT2D eigenvalue weighted by Gasteiger charge is -2.33. The number of amides is 5. The number of carbonyl (C=O) groups excluding carboxylic acids is 4. The van der Waals surface area contributed by atoms with E-state index in [-0.39, 0.29) is 53.3 Å². The van der Waals surface area contributed by atoms with Gasteiger partial charge >= 0.3 is 24.9 Å². The Bertz CT molecular complexity index is 2500. The van der Waals surface area contributed by atoms with Crippen LogP contribution in [-0.2, 0) is 17.9 Å². The van der Waals surface area contributed by atoms with Crippen LogP contribution < -0.4 is 24.6 Å². The number of nitrogens with one attached hydrogen (secondary N) is 1. The van der Waals surface area contributed by atoms with Crippen molar-refractivity contribution in [2.45, 2.75) is 64.5 Å². The van der Waals surface area contributed by atoms with Crippen LogP contribution in [0.15, 0.2) is 89.3 Å². The maximum atomic E-state index is 15.0. The standard InChI is InChI=1S/C24H26F3N3O4.C23H23F3N4O3/c1-34-21-8-4-3-7-19(21)30(24(33)29-11-5-2-6-12-29)15-17-10-9-16(13-18(17)25)20(31)14-28-23(32)22(26)27;1-32-19-8-4-3-7-18(19)30(23(31)29-11-5-2-6-12-29)14-16-10-9-15(13-17(16)24)21-27-28-22(33-21)20(25)26/h3-4,7-10,13,22H,2,5-6,11-12,14-15H2,1H3,(H,28,32);3-4,7-10,13,20H,2,5-6,11-12,14H2,1H3. The van der Waals surface area contributed by atoms with Gasteiger partial charge in [-0.15, -0.1) is 10.2 Å². The van der Waals surface area contributed by atoms with Gasteiger partial charge in [-0.2, -0.15) is 17.6 Å². The Balaban J connectivity index is 0.000000221. The summed E-state index contributed by atoms with van der Waals surface area (Å²) in [6, 6.07) is 21.2. The molecule has 1 N–H and O–H groups in total. The van der Waals surface area contributed by atoms with Crippen LogP contribution in [0.25, 0.3) is 11.5 Å². The fourth-order valence-electron chi connectivity index (χ4n) is 7.51. The second-order valence-corrected chi connectivity index (χ2v) is 15.5. The summed E-state index contributed by atoms with van der Waals surface area (Å²) in [5, 5.41) is 8.61. The molecule has 356 valence electrons. The number of hydrogen-bond acceptors (Lipinski definition) is 9. The van der Waals surface area contributed by atoms with E-state index in [9.17, 15) is 41.1 Å². The van der Waals surface area contributed by atoms with Crippen molar-refractivity contribution in [3.8, 4) is 23.0 Å². The quantitative estimate of drug-likeness (QED) is 0.0849. The zero-order valence-corrected chi connectivity index (χ0v) is 36.7. The van der Waals surface area contributed by atoms with E-state index in [4.69, 9.17) is 13.9 Å². The third-order valence-corrected chi connectivity index (χ3v) is 11.0. The number of halogens is 6. The number of rotatable bonds is 14. The van der Waals surface area contributed by atoms with Crippen molar-refractivity contribution in [2.24, 2.45) is 0 Å². The average Bonchev–Trinajstić information content (AvgIpc) is 3.86. The Morgan fingerprint density at radius 2 is 1.16 bits per heavy atom. The first-order valence-corrected chi connectivity index (χ1v) is 21.5. The van der Waals surface area contributed by atoms with Gasteiger partial charge in [0.15, 0.2) is 5.78 Å². The maximum Gasteiger partial charge on any atom is 0.324 e. The molecule has 0 spiro atoms. The number of alkyl halides is 4. The number of aromatic nitrogens is 2. The van der Waals surface area contributed by atoms with Crippen molar-refractivity contribution in [1.82, 2.24) is 25.3 Å². The molecule has 4 aromatic carbocycles. The van der Waals surface area contributed by atoms with E-state index in [0.717, 1.165) is 50.7 Å². The molecule has 20 heteroatoms. The van der Waals surface area contributed by atoms with Crippen LogP contribution >= 0.6 is 0 Å². The van der Waals surface area contributed by atoms with Crippen LogP contribution in [0, 0.1) is 11.6 Å². The van der Waals surface area contributed by atoms with E-state index in [0.29, 0.717) is 49.1 Å². The molecule has 2 aliphatic heterocycles. The molecule has 3 heterocycles. The number of para-hydroxylation sites is 4. The first-order valence-electron chi connectivity index (χ1n) is 21.5. The zero-order chi connectivity index (χ0) is 48.0. The summed E-state index contributed by atoms with van der Waals surface area (Å²) in [5.41, 5.74) is 1.49. The van der Waals surface area contributed by atoms with E-state index < -0.39 is 48.6 Å². The molecule has 5 amide bonds. The van der Waals surface area contributed by atoms with Crippen LogP contribution in [0.1, 0.15) is 72.3 Å². The molecule has 7 rings (SSSR count). The number of piperidine rings is 2. The van der Waals surface area contributed by atoms with Gasteiger partial charge in [0.25, 0.3) is 11.8 Å². The summed E-state index contributed by atoms with van der Waals surface area (Å²) in [5.74, 6) is -3.75. The van der Waals surface area contributed by atoms with Gasteiger partial charge in [-0.05, 0) is 81.0 Å². The average molecular weight is 938 g/mol. The van der Waals surface area contributed by atoms with Crippen LogP contribution in [0.2, 0.25) is 0 Å². The number of ketones is 1. The Hall–Kier alpha value is -7.12. The number of anilines is 2. The van der Waals surface area contributed by atoms with Crippen LogP contribution in [0.4, 0.5) is 47.3 Å². The molecular formula is C47H49F6N7O7. The number of benzene rings is 4. The summed E-state index contributed by atoms with van der Waals surface area (Å²) in [6.07, 6.45) is -0.440. The molecule has 0 saturated carbocycles. The highest BCUT2D eigenvalue weighted by Crippen LogP contribution is 2.33. The highest BCUT2D eigenvalue weighted by atomic mass is 19.3. The lowest BCUT2D eigenvalue weighted by atomic mass is 10.1. The number of carbonyl (C=O) groups is 4. The minimum Gasteiger partial charge on any atom is -0.495 e. The number of Topliss-reactive ketones (excluding diaryl/α,β-unsaturated/α-hetero) is 1. The minimum absolute atomic E-state index is 0.0477. The Labute approximate surface area is 382 Å². The molecule has 1 aromatic heterocycles. The van der Waals surface area contributed by atoms with Gasteiger partial charge < -0.3 is 29.0 Å². The van der Waals surface area contributed by atoms with Gasteiger partial charge in [0.1, 0.15) is 23.1 Å². The van der Waals surface area contributed by atoms with E-state index in [1.54, 1.807) is 63.6 Å². The van der Waals surface area contributed by atoms with E-state index in [2.05, 4.69) is 10.2 Å². The topological polar surface area (TPSA) is 151 Å². The molecule has 0 atom stereocenters. The van der Waals surface area contributed by atoms with Gasteiger partial charge in [-0.25, -0.2) is 18.4 Å². The number of ether oxygens (including phenoxy) is 2. The number of nitrogens with zero attached hydrogens (tertiary/aromatic N) is 6. The lowest BCUT2D eigenvalue weighted by molar-refractivity contribution is -0.131. The van der Waals surface area contributed by atoms with Crippen LogP contribution in [0.3, 0.4) is 0 Å². The molecule has 5 aromatic rings. The van der Waals surface area contributed by atoms with Gasteiger partial charge in [0.2, 0.25) is 5.89 Å².